The molecule has 0 amide bonds. The Morgan fingerprint density at radius 2 is 0.636 bits per heavy atom. The van der Waals surface area contributed by atoms with E-state index < -0.39 is 27.2 Å². The Kier molecular flexibility index (Phi) is 10.2. The number of hydrogen-bond donors (Lipinski definition) is 0. The molecule has 8 nitrogen and oxygen atoms in total. The monoisotopic (exact) mass is 419 g/mol. The van der Waals surface area contributed by atoms with Crippen molar-refractivity contribution < 1.29 is 79.5 Å². The molecule has 0 N–H and O–H groups in total. The van der Waals surface area contributed by atoms with Crippen LogP contribution in [0.15, 0.2) is 0 Å². The van der Waals surface area contributed by atoms with Crippen LogP contribution in [0.2, 0.25) is 0 Å². The van der Waals surface area contributed by atoms with E-state index >= 15 is 0 Å². The van der Waals surface area contributed by atoms with Gasteiger partial charge in [0.2, 0.25) is 0 Å². The van der Waals surface area contributed by atoms with Gasteiger partial charge in [0.05, 0.1) is 0 Å². The van der Waals surface area contributed by atoms with Crippen LogP contribution >= 0.6 is 0 Å². The van der Waals surface area contributed by atoms with Crippen LogP contribution in [0.4, 0.5) is 0 Å². The zero-order chi connectivity index (χ0) is 9.00. The molecule has 0 heterocycles. The minimum Gasteiger partial charge on any atom is 0 e. The van der Waals surface area contributed by atoms with Gasteiger partial charge >= 0.3 is 59.1 Å². The first kappa shape index (κ1) is 17.7. The first-order valence-corrected chi connectivity index (χ1v) is 5.50. The summed E-state index contributed by atoms with van der Waals surface area (Å²) in [5.41, 5.74) is 0. The molecule has 0 saturated carbocycles. The van der Waals surface area contributed by atoms with Gasteiger partial charge in [0.15, 0.2) is 0 Å². The molecule has 71 valence electrons. The minimum atomic E-state index is -5.75. The van der Waals surface area contributed by atoms with E-state index in [1.807, 2.05) is 0 Å². The van der Waals surface area contributed by atoms with Crippen LogP contribution in [-0.2, 0) is 62.9 Å². The van der Waals surface area contributed by atoms with Gasteiger partial charge in [0.1, 0.15) is 0 Å². The Morgan fingerprint density at radius 3 is 0.636 bits per heavy atom. The van der Waals surface area contributed by atoms with Gasteiger partial charge in [-0.2, -0.15) is 0 Å². The van der Waals surface area contributed by atoms with Crippen molar-refractivity contribution in [1.82, 2.24) is 0 Å². The van der Waals surface area contributed by atoms with E-state index in [0.717, 1.165) is 0 Å². The van der Waals surface area contributed by atoms with Gasteiger partial charge in [-0.3, -0.25) is 0 Å². The fourth-order valence-electron chi connectivity index (χ4n) is 0. The first-order valence-electron chi connectivity index (χ1n) is 1.33. The van der Waals surface area contributed by atoms with Crippen molar-refractivity contribution in [1.29, 1.82) is 0 Å². The average Bonchev–Trinajstić information content (AvgIpc) is 1.12. The molecule has 0 atom stereocenters. The molecule has 11 heteroatoms. The molecule has 0 aromatic rings. The zero-order valence-electron chi connectivity index (χ0n) is 4.46. The molecule has 0 unspecified atom stereocenters. The summed E-state index contributed by atoms with van der Waals surface area (Å²) in [5.74, 6) is 0. The molecule has 0 aromatic heterocycles. The Morgan fingerprint density at radius 1 is 0.636 bits per heavy atom. The summed E-state index contributed by atoms with van der Waals surface area (Å²) < 4.78 is 68.8. The summed E-state index contributed by atoms with van der Waals surface area (Å²) >= 11 is -11.5. The molecule has 0 spiro atoms. The van der Waals surface area contributed by atoms with Crippen LogP contribution in [0.5, 0.6) is 0 Å². The van der Waals surface area contributed by atoms with Gasteiger partial charge < -0.3 is 0 Å². The Hall–Kier alpha value is 0.767. The summed E-state index contributed by atoms with van der Waals surface area (Å²) in [6.07, 6.45) is 0. The standard InChI is InChI=1S/2Cr.8O.Re/q;;;;;;4*-1;. The molecule has 0 aliphatic carbocycles. The third-order valence-corrected chi connectivity index (χ3v) is 0. The molecule has 0 bridgehead atoms. The zero-order valence-corrected chi connectivity index (χ0v) is 9.73. The molecule has 0 aliphatic heterocycles. The summed E-state index contributed by atoms with van der Waals surface area (Å²) in [5, 5.41) is 0. The molecule has 0 aliphatic rings. The molecule has 11 heavy (non-hydrogen) atoms. The largest absolute Gasteiger partial charge is 0 e. The minimum absolute atomic E-state index is 0. The van der Waals surface area contributed by atoms with E-state index in [0.29, 0.717) is 0 Å². The normalized spacial score (nSPS) is 10.5. The smallest absolute Gasteiger partial charge is 0 e. The molecule has 0 fully saturated rings. The van der Waals surface area contributed by atoms with Crippen molar-refractivity contribution in [3.8, 4) is 0 Å². The predicted octanol–water partition coefficient (Wildman–Crippen LogP) is -5.24. The van der Waals surface area contributed by atoms with Crippen molar-refractivity contribution >= 4 is 0 Å². The molecule has 1 radical (unpaired) electrons. The van der Waals surface area contributed by atoms with Crippen molar-refractivity contribution in [2.75, 3.05) is 0 Å². The van der Waals surface area contributed by atoms with Crippen LogP contribution in [0.1, 0.15) is 0 Å². The first-order chi connectivity index (χ1) is 4.00. The van der Waals surface area contributed by atoms with Crippen molar-refractivity contribution in [2.45, 2.75) is 0 Å². The van der Waals surface area contributed by atoms with E-state index in [-0.39, 0.29) is 20.4 Å². The fourth-order valence-corrected chi connectivity index (χ4v) is 0. The predicted molar refractivity (Wildman–Crippen MR) is 2.75 cm³/mol. The van der Waals surface area contributed by atoms with Crippen LogP contribution in [-0.4, -0.2) is 0 Å². The van der Waals surface area contributed by atoms with E-state index in [4.69, 9.17) is 31.8 Å². The third-order valence-electron chi connectivity index (χ3n) is 0. The van der Waals surface area contributed by atoms with Gasteiger partial charge in [0, 0.05) is 20.4 Å². The molecule has 0 aromatic carbocycles. The summed E-state index contributed by atoms with van der Waals surface area (Å²) in [7, 11) is 0. The molecular weight excluding hydrogens is 418 g/mol. The Balaban J connectivity index is -0.000000107. The van der Waals surface area contributed by atoms with Gasteiger partial charge in [-0.15, -0.1) is 0 Å². The summed E-state index contributed by atoms with van der Waals surface area (Å²) in [4.78, 5) is 0. The van der Waals surface area contributed by atoms with E-state index in [2.05, 4.69) is 0 Å². The second kappa shape index (κ2) is 6.30. The van der Waals surface area contributed by atoms with Crippen LogP contribution in [0, 0.1) is 0 Å². The molecule has 0 saturated heterocycles. The number of hydrogen-bond acceptors (Lipinski definition) is 8. The van der Waals surface area contributed by atoms with Gasteiger partial charge in [-0.25, -0.2) is 0 Å². The second-order valence-corrected chi connectivity index (χ2v) is 3.37. The van der Waals surface area contributed by atoms with E-state index in [1.165, 1.54) is 0 Å². The maximum absolute atomic E-state index is 8.59. The van der Waals surface area contributed by atoms with Crippen molar-refractivity contribution in [3.05, 3.63) is 0 Å². The second-order valence-electron chi connectivity index (χ2n) is 0.816. The van der Waals surface area contributed by atoms with E-state index in [9.17, 15) is 0 Å². The maximum Gasteiger partial charge on any atom is 0 e. The fraction of sp³-hybridized carbons (Fsp3) is 0. The number of rotatable bonds is 0. The van der Waals surface area contributed by atoms with Gasteiger partial charge in [0.25, 0.3) is 0 Å². The average molecular weight is 418 g/mol. The van der Waals surface area contributed by atoms with Gasteiger partial charge in [-0.05, 0) is 0 Å². The topological polar surface area (TPSA) is 161 Å². The van der Waals surface area contributed by atoms with Crippen LogP contribution < -0.4 is 16.6 Å². The van der Waals surface area contributed by atoms with Gasteiger partial charge in [-0.1, -0.05) is 0 Å². The van der Waals surface area contributed by atoms with E-state index in [1.54, 1.807) is 0 Å². The Labute approximate surface area is 79.3 Å². The van der Waals surface area contributed by atoms with Crippen LogP contribution in [0.25, 0.3) is 0 Å². The summed E-state index contributed by atoms with van der Waals surface area (Å²) in [6.45, 7) is 0. The maximum atomic E-state index is 8.59. The Bertz CT molecular complexity index is 208. The molecular formula is Cr2O8Re-4. The van der Waals surface area contributed by atoms with Crippen molar-refractivity contribution in [2.24, 2.45) is 0 Å². The molecule has 0 rings (SSSR count). The summed E-state index contributed by atoms with van der Waals surface area (Å²) in [6, 6.07) is 0. The quantitative estimate of drug-likeness (QED) is 0.377. The SMILES string of the molecule is [O]=[Cr](=[O])([O-])[O-].[O]=[Cr](=[O])([O-])[O-].[Re]. The van der Waals surface area contributed by atoms with Crippen LogP contribution in [0.3, 0.4) is 0 Å². The third kappa shape index (κ3) is 1410. The van der Waals surface area contributed by atoms with Crippen molar-refractivity contribution in [3.63, 3.8) is 0 Å².